The first-order chi connectivity index (χ1) is 16.7. The Hall–Kier alpha value is -4.02. The summed E-state index contributed by atoms with van der Waals surface area (Å²) in [5.74, 6) is 5.90. The monoisotopic (exact) mass is 450 g/mol. The summed E-state index contributed by atoms with van der Waals surface area (Å²) in [5, 5.41) is 7.25. The molecule has 0 saturated carbocycles. The van der Waals surface area contributed by atoms with Crippen LogP contribution in [-0.4, -0.2) is 43.5 Å². The maximum absolute atomic E-state index is 12.9. The third-order valence-corrected chi connectivity index (χ3v) is 6.06. The summed E-state index contributed by atoms with van der Waals surface area (Å²) < 4.78 is 1.67. The molecule has 4 heterocycles. The van der Waals surface area contributed by atoms with E-state index in [1.807, 2.05) is 24.3 Å². The van der Waals surface area contributed by atoms with Crippen molar-refractivity contribution < 1.29 is 4.79 Å². The van der Waals surface area contributed by atoms with Gasteiger partial charge in [-0.15, -0.1) is 0 Å². The number of rotatable bonds is 4. The number of imidazole rings is 1. The lowest BCUT2D eigenvalue weighted by Crippen LogP contribution is -2.29. The predicted molar refractivity (Wildman–Crippen MR) is 131 cm³/mol. The molecular weight excluding hydrogens is 424 g/mol. The van der Waals surface area contributed by atoms with E-state index in [1.165, 1.54) is 30.4 Å². The van der Waals surface area contributed by atoms with Gasteiger partial charge in [-0.2, -0.15) is 5.10 Å². The first kappa shape index (κ1) is 21.8. The lowest BCUT2D eigenvalue weighted by Gasteiger charge is -2.27. The number of hydrogen-bond donors (Lipinski definition) is 1. The fraction of sp³-hybridized carbons (Fsp3) is 0.259. The van der Waals surface area contributed by atoms with E-state index in [4.69, 9.17) is 0 Å². The Kier molecular flexibility index (Phi) is 6.32. The second-order valence-corrected chi connectivity index (χ2v) is 8.58. The second-order valence-electron chi connectivity index (χ2n) is 8.58. The van der Waals surface area contributed by atoms with Crippen molar-refractivity contribution in [3.63, 3.8) is 0 Å². The number of aryl methyl sites for hydroxylation is 1. The Bertz CT molecular complexity index is 1390. The Morgan fingerprint density at radius 3 is 2.79 bits per heavy atom. The van der Waals surface area contributed by atoms with Gasteiger partial charge in [0.25, 0.3) is 5.91 Å². The van der Waals surface area contributed by atoms with Crippen LogP contribution >= 0.6 is 0 Å². The topological polar surface area (TPSA) is 75.4 Å². The summed E-state index contributed by atoms with van der Waals surface area (Å²) in [6.45, 7) is 5.39. The van der Waals surface area contributed by atoms with E-state index in [9.17, 15) is 4.79 Å². The van der Waals surface area contributed by atoms with E-state index in [-0.39, 0.29) is 5.91 Å². The minimum absolute atomic E-state index is 0.212. The molecule has 0 unspecified atom stereocenters. The molecule has 0 spiro atoms. The van der Waals surface area contributed by atoms with Crippen LogP contribution in [0.2, 0.25) is 0 Å². The average molecular weight is 451 g/mol. The maximum Gasteiger partial charge on any atom is 0.257 e. The van der Waals surface area contributed by atoms with Crippen molar-refractivity contribution in [2.45, 2.75) is 32.7 Å². The van der Waals surface area contributed by atoms with Crippen molar-refractivity contribution in [3.8, 4) is 11.8 Å². The number of carbonyl (C=O) groups excluding carboxylic acids is 1. The molecule has 1 aliphatic rings. The van der Waals surface area contributed by atoms with Crippen LogP contribution in [0.4, 0.5) is 5.69 Å². The number of benzene rings is 1. The highest BCUT2D eigenvalue weighted by Gasteiger charge is 2.13. The van der Waals surface area contributed by atoms with Crippen LogP contribution in [0.5, 0.6) is 0 Å². The SMILES string of the molecule is Cc1cc(NC(=O)c2cncc(C#Cc3cnc4cccnn34)c2)ccc1CN1CCCCC1. The molecular formula is C27H26N6O. The van der Waals surface area contributed by atoms with Crippen LogP contribution in [0.3, 0.4) is 0 Å². The van der Waals surface area contributed by atoms with Gasteiger partial charge in [0.2, 0.25) is 0 Å². The van der Waals surface area contributed by atoms with Gasteiger partial charge in [0.05, 0.1) is 11.8 Å². The molecule has 5 rings (SSSR count). The Labute approximate surface area is 198 Å². The average Bonchev–Trinajstić information content (AvgIpc) is 3.28. The number of hydrogen-bond acceptors (Lipinski definition) is 5. The minimum atomic E-state index is -0.212. The standard InChI is InChI=1S/C27H26N6O/c1-20-14-24(9-8-22(20)19-32-12-3-2-4-13-32)31-27(34)23-15-21(16-28-17-23)7-10-25-18-29-26-6-5-11-30-33(25)26/h5-6,8-9,11,14-18H,2-4,12-13,19H2,1H3,(H,31,34). The number of anilines is 1. The first-order valence-corrected chi connectivity index (χ1v) is 11.5. The summed E-state index contributed by atoms with van der Waals surface area (Å²) in [6, 6.07) is 11.6. The van der Waals surface area contributed by atoms with Gasteiger partial charge in [0.1, 0.15) is 5.69 Å². The predicted octanol–water partition coefficient (Wildman–Crippen LogP) is 4.07. The number of piperidine rings is 1. The highest BCUT2D eigenvalue weighted by atomic mass is 16.1. The molecule has 1 aliphatic heterocycles. The van der Waals surface area contributed by atoms with Gasteiger partial charge in [-0.1, -0.05) is 18.4 Å². The van der Waals surface area contributed by atoms with Gasteiger partial charge in [-0.05, 0) is 80.2 Å². The van der Waals surface area contributed by atoms with Gasteiger partial charge in [-0.3, -0.25) is 14.7 Å². The molecule has 1 saturated heterocycles. The van der Waals surface area contributed by atoms with E-state index in [0.29, 0.717) is 16.8 Å². The highest BCUT2D eigenvalue weighted by Crippen LogP contribution is 2.20. The quantitative estimate of drug-likeness (QED) is 0.475. The third kappa shape index (κ3) is 4.98. The number of fused-ring (bicyclic) bond motifs is 1. The fourth-order valence-corrected chi connectivity index (χ4v) is 4.20. The number of nitrogens with zero attached hydrogens (tertiary/aromatic N) is 5. The van der Waals surface area contributed by atoms with E-state index >= 15 is 0 Å². The molecule has 4 aromatic rings. The number of nitrogens with one attached hydrogen (secondary N) is 1. The normalized spacial score (nSPS) is 13.9. The van der Waals surface area contributed by atoms with Gasteiger partial charge in [0.15, 0.2) is 5.65 Å². The summed E-state index contributed by atoms with van der Waals surface area (Å²) >= 11 is 0. The molecule has 7 nitrogen and oxygen atoms in total. The van der Waals surface area contributed by atoms with Gasteiger partial charge in [0, 0.05) is 36.4 Å². The van der Waals surface area contributed by atoms with Crippen LogP contribution in [-0.2, 0) is 6.54 Å². The molecule has 1 aromatic carbocycles. The molecule has 1 N–H and O–H groups in total. The zero-order valence-corrected chi connectivity index (χ0v) is 19.2. The maximum atomic E-state index is 12.9. The molecule has 0 atom stereocenters. The molecule has 34 heavy (non-hydrogen) atoms. The van der Waals surface area contributed by atoms with E-state index < -0.39 is 0 Å². The summed E-state index contributed by atoms with van der Waals surface area (Å²) in [5.41, 5.74) is 5.77. The Balaban J connectivity index is 1.27. The molecule has 7 heteroatoms. The Morgan fingerprint density at radius 1 is 1.06 bits per heavy atom. The van der Waals surface area contributed by atoms with E-state index in [2.05, 4.69) is 50.1 Å². The van der Waals surface area contributed by atoms with Crippen LogP contribution in [0.1, 0.15) is 52.0 Å². The largest absolute Gasteiger partial charge is 0.322 e. The lowest BCUT2D eigenvalue weighted by molar-refractivity contribution is 0.102. The molecule has 0 aliphatic carbocycles. The Morgan fingerprint density at radius 2 is 1.94 bits per heavy atom. The van der Waals surface area contributed by atoms with Crippen LogP contribution < -0.4 is 5.32 Å². The second kappa shape index (κ2) is 9.86. The van der Waals surface area contributed by atoms with Crippen molar-refractivity contribution in [2.24, 2.45) is 0 Å². The smallest absolute Gasteiger partial charge is 0.257 e. The van der Waals surface area contributed by atoms with Crippen LogP contribution in [0.25, 0.3) is 5.65 Å². The van der Waals surface area contributed by atoms with E-state index in [1.54, 1.807) is 35.4 Å². The first-order valence-electron chi connectivity index (χ1n) is 11.5. The number of likely N-dealkylation sites (tertiary alicyclic amines) is 1. The minimum Gasteiger partial charge on any atom is -0.322 e. The van der Waals surface area contributed by atoms with E-state index in [0.717, 1.165) is 31.0 Å². The molecule has 0 radical (unpaired) electrons. The summed E-state index contributed by atoms with van der Waals surface area (Å²) in [7, 11) is 0. The number of aromatic nitrogens is 4. The zero-order chi connectivity index (χ0) is 23.3. The lowest BCUT2D eigenvalue weighted by atomic mass is 10.0. The summed E-state index contributed by atoms with van der Waals surface area (Å²) in [4.78, 5) is 23.8. The molecule has 1 fully saturated rings. The molecule has 170 valence electrons. The number of carbonyl (C=O) groups is 1. The molecule has 1 amide bonds. The fourth-order valence-electron chi connectivity index (χ4n) is 4.20. The third-order valence-electron chi connectivity index (χ3n) is 6.06. The summed E-state index contributed by atoms with van der Waals surface area (Å²) in [6.07, 6.45) is 10.4. The molecule has 3 aromatic heterocycles. The van der Waals surface area contributed by atoms with Crippen LogP contribution in [0, 0.1) is 18.8 Å². The van der Waals surface area contributed by atoms with Crippen molar-refractivity contribution in [1.29, 1.82) is 0 Å². The van der Waals surface area contributed by atoms with Gasteiger partial charge >= 0.3 is 0 Å². The highest BCUT2D eigenvalue weighted by molar-refractivity contribution is 6.04. The number of pyridine rings is 1. The van der Waals surface area contributed by atoms with Crippen molar-refractivity contribution in [1.82, 2.24) is 24.5 Å². The van der Waals surface area contributed by atoms with Crippen molar-refractivity contribution in [3.05, 3.63) is 89.1 Å². The van der Waals surface area contributed by atoms with Crippen LogP contribution in [0.15, 0.2) is 61.2 Å². The zero-order valence-electron chi connectivity index (χ0n) is 19.2. The molecule has 0 bridgehead atoms. The van der Waals surface area contributed by atoms with Gasteiger partial charge in [-0.25, -0.2) is 9.50 Å². The van der Waals surface area contributed by atoms with Crippen molar-refractivity contribution >= 4 is 17.2 Å². The van der Waals surface area contributed by atoms with Gasteiger partial charge < -0.3 is 5.32 Å². The van der Waals surface area contributed by atoms with Crippen molar-refractivity contribution in [2.75, 3.05) is 18.4 Å². The number of amides is 1.